The zero-order valence-corrected chi connectivity index (χ0v) is 6.41. The van der Waals surface area contributed by atoms with E-state index in [4.69, 9.17) is 10.5 Å². The number of carbonyl (C=O) groups excluding carboxylic acids is 1. The second-order valence-corrected chi connectivity index (χ2v) is 2.61. The van der Waals surface area contributed by atoms with Crippen molar-refractivity contribution in [1.82, 2.24) is 4.98 Å². The Morgan fingerprint density at radius 1 is 1.50 bits per heavy atom. The van der Waals surface area contributed by atoms with E-state index in [0.29, 0.717) is 30.3 Å². The number of nitrogen functional groups attached to an aromatic ring is 1. The van der Waals surface area contributed by atoms with Crippen LogP contribution in [0.1, 0.15) is 16.8 Å². The normalized spacial score (nSPS) is 15.2. The summed E-state index contributed by atoms with van der Waals surface area (Å²) in [5, 5.41) is 0. The molecular formula is C8H8N2O2. The molecule has 4 heteroatoms. The van der Waals surface area contributed by atoms with Crippen LogP contribution >= 0.6 is 0 Å². The van der Waals surface area contributed by atoms with E-state index in [2.05, 4.69) is 4.98 Å². The highest BCUT2D eigenvalue weighted by molar-refractivity contribution is 5.99. The molecule has 0 aliphatic carbocycles. The molecule has 4 nitrogen and oxygen atoms in total. The van der Waals surface area contributed by atoms with Crippen LogP contribution in [-0.2, 0) is 0 Å². The fourth-order valence-electron chi connectivity index (χ4n) is 1.15. The van der Waals surface area contributed by atoms with E-state index in [0.717, 1.165) is 0 Å². The highest BCUT2D eigenvalue weighted by Gasteiger charge is 2.19. The van der Waals surface area contributed by atoms with E-state index >= 15 is 0 Å². The average molecular weight is 164 g/mol. The lowest BCUT2D eigenvalue weighted by molar-refractivity contribution is 0.0930. The minimum Gasteiger partial charge on any atom is -0.477 e. The van der Waals surface area contributed by atoms with E-state index in [-0.39, 0.29) is 5.78 Å². The number of hydrogen-bond acceptors (Lipinski definition) is 4. The first-order valence-electron chi connectivity index (χ1n) is 3.70. The molecule has 1 aromatic rings. The molecule has 0 aromatic carbocycles. The lowest BCUT2D eigenvalue weighted by atomic mass is 10.1. The number of carbonyl (C=O) groups is 1. The number of hydrogen-bond donors (Lipinski definition) is 1. The van der Waals surface area contributed by atoms with E-state index < -0.39 is 0 Å². The van der Waals surface area contributed by atoms with Crippen molar-refractivity contribution in [3.63, 3.8) is 0 Å². The van der Waals surface area contributed by atoms with Gasteiger partial charge >= 0.3 is 0 Å². The van der Waals surface area contributed by atoms with Crippen LogP contribution in [-0.4, -0.2) is 17.4 Å². The fraction of sp³-hybridized carbons (Fsp3) is 0.250. The molecule has 0 fully saturated rings. The van der Waals surface area contributed by atoms with Gasteiger partial charge in [0.05, 0.1) is 12.2 Å². The van der Waals surface area contributed by atoms with Crippen LogP contribution in [0.5, 0.6) is 5.88 Å². The second kappa shape index (κ2) is 2.48. The summed E-state index contributed by atoms with van der Waals surface area (Å²) in [6.07, 6.45) is 0.429. The molecule has 2 rings (SSSR count). The molecule has 0 unspecified atom stereocenters. The number of rotatable bonds is 0. The molecule has 1 aliphatic rings. The molecule has 0 bridgehead atoms. The minimum absolute atomic E-state index is 0.0729. The van der Waals surface area contributed by atoms with Crippen molar-refractivity contribution in [2.75, 3.05) is 12.3 Å². The van der Waals surface area contributed by atoms with E-state index in [1.54, 1.807) is 12.1 Å². The maximum Gasteiger partial charge on any atom is 0.226 e. The smallest absolute Gasteiger partial charge is 0.226 e. The maximum absolute atomic E-state index is 11.2. The summed E-state index contributed by atoms with van der Waals surface area (Å²) in [6, 6.07) is 3.25. The van der Waals surface area contributed by atoms with Crippen LogP contribution < -0.4 is 10.5 Å². The van der Waals surface area contributed by atoms with Crippen LogP contribution in [0.25, 0.3) is 0 Å². The van der Waals surface area contributed by atoms with E-state index in [1.165, 1.54) is 0 Å². The molecule has 0 saturated heterocycles. The van der Waals surface area contributed by atoms with E-state index in [1.807, 2.05) is 0 Å². The SMILES string of the molecule is Nc1ccc2c(n1)OCCC2=O. The summed E-state index contributed by atoms with van der Waals surface area (Å²) in [5.74, 6) is 0.818. The quantitative estimate of drug-likeness (QED) is 0.610. The molecule has 62 valence electrons. The van der Waals surface area contributed by atoms with Gasteiger partial charge in [-0.2, -0.15) is 4.98 Å². The maximum atomic E-state index is 11.2. The number of Topliss-reactive ketones (excluding diaryl/α,β-unsaturated/α-hetero) is 1. The summed E-state index contributed by atoms with van der Waals surface area (Å²) < 4.78 is 5.16. The Balaban J connectivity index is 2.53. The molecule has 0 radical (unpaired) electrons. The van der Waals surface area contributed by atoms with Crippen molar-refractivity contribution in [3.8, 4) is 5.88 Å². The Morgan fingerprint density at radius 3 is 3.17 bits per heavy atom. The fourth-order valence-corrected chi connectivity index (χ4v) is 1.15. The van der Waals surface area contributed by atoms with Gasteiger partial charge in [-0.05, 0) is 12.1 Å². The number of pyridine rings is 1. The zero-order chi connectivity index (χ0) is 8.55. The zero-order valence-electron chi connectivity index (χ0n) is 6.41. The first-order valence-corrected chi connectivity index (χ1v) is 3.70. The Bertz CT molecular complexity index is 336. The molecule has 1 aliphatic heterocycles. The largest absolute Gasteiger partial charge is 0.477 e. The topological polar surface area (TPSA) is 65.2 Å². The first kappa shape index (κ1) is 7.09. The van der Waals surface area contributed by atoms with Gasteiger partial charge in [-0.3, -0.25) is 4.79 Å². The van der Waals surface area contributed by atoms with Gasteiger partial charge in [-0.25, -0.2) is 0 Å². The summed E-state index contributed by atoms with van der Waals surface area (Å²) in [7, 11) is 0. The molecule has 0 saturated carbocycles. The van der Waals surface area contributed by atoms with Crippen molar-refractivity contribution in [2.24, 2.45) is 0 Å². The predicted octanol–water partition coefficient (Wildman–Crippen LogP) is 0.629. The second-order valence-electron chi connectivity index (χ2n) is 2.61. The summed E-state index contributed by atoms with van der Waals surface area (Å²) in [5.41, 5.74) is 5.96. The monoisotopic (exact) mass is 164 g/mol. The predicted molar refractivity (Wildman–Crippen MR) is 43.1 cm³/mol. The van der Waals surface area contributed by atoms with Crippen molar-refractivity contribution in [1.29, 1.82) is 0 Å². The summed E-state index contributed by atoms with van der Waals surface area (Å²) in [4.78, 5) is 15.1. The molecule has 0 atom stereocenters. The van der Waals surface area contributed by atoms with Crippen LogP contribution in [0, 0.1) is 0 Å². The molecule has 0 amide bonds. The van der Waals surface area contributed by atoms with Crippen LogP contribution in [0.15, 0.2) is 12.1 Å². The van der Waals surface area contributed by atoms with Gasteiger partial charge < -0.3 is 10.5 Å². The van der Waals surface area contributed by atoms with Crippen LogP contribution in [0.4, 0.5) is 5.82 Å². The number of ketones is 1. The Kier molecular flexibility index (Phi) is 1.46. The highest BCUT2D eigenvalue weighted by Crippen LogP contribution is 2.22. The molecular weight excluding hydrogens is 156 g/mol. The Morgan fingerprint density at radius 2 is 2.33 bits per heavy atom. The number of nitrogens with two attached hydrogens (primary N) is 1. The summed E-state index contributed by atoms with van der Waals surface area (Å²) >= 11 is 0. The molecule has 12 heavy (non-hydrogen) atoms. The van der Waals surface area contributed by atoms with Gasteiger partial charge in [0.2, 0.25) is 5.88 Å². The lowest BCUT2D eigenvalue weighted by Crippen LogP contribution is -2.16. The number of fused-ring (bicyclic) bond motifs is 1. The third-order valence-electron chi connectivity index (χ3n) is 1.75. The standard InChI is InChI=1S/C8H8N2O2/c9-7-2-1-5-6(11)3-4-12-8(5)10-7/h1-2H,3-4H2,(H2,9,10). The molecule has 2 heterocycles. The van der Waals surface area contributed by atoms with Gasteiger partial charge in [0.1, 0.15) is 5.82 Å². The molecule has 0 spiro atoms. The van der Waals surface area contributed by atoms with Gasteiger partial charge in [-0.1, -0.05) is 0 Å². The van der Waals surface area contributed by atoms with Crippen LogP contribution in [0.2, 0.25) is 0 Å². The highest BCUT2D eigenvalue weighted by atomic mass is 16.5. The lowest BCUT2D eigenvalue weighted by Gasteiger charge is -2.14. The first-order chi connectivity index (χ1) is 5.77. The number of nitrogens with zero attached hydrogens (tertiary/aromatic N) is 1. The van der Waals surface area contributed by atoms with Crippen molar-refractivity contribution in [3.05, 3.63) is 17.7 Å². The Labute approximate surface area is 69.4 Å². The number of aromatic nitrogens is 1. The van der Waals surface area contributed by atoms with Gasteiger partial charge in [-0.15, -0.1) is 0 Å². The number of anilines is 1. The van der Waals surface area contributed by atoms with Gasteiger partial charge in [0.15, 0.2) is 5.78 Å². The third kappa shape index (κ3) is 1.01. The minimum atomic E-state index is 0.0729. The van der Waals surface area contributed by atoms with Crippen molar-refractivity contribution < 1.29 is 9.53 Å². The van der Waals surface area contributed by atoms with Crippen molar-refractivity contribution in [2.45, 2.75) is 6.42 Å². The van der Waals surface area contributed by atoms with Gasteiger partial charge in [0, 0.05) is 6.42 Å². The average Bonchev–Trinajstić information content (AvgIpc) is 2.04. The van der Waals surface area contributed by atoms with Crippen LogP contribution in [0.3, 0.4) is 0 Å². The number of ether oxygens (including phenoxy) is 1. The molecule has 1 aromatic heterocycles. The molecule has 2 N–H and O–H groups in total. The third-order valence-corrected chi connectivity index (χ3v) is 1.75. The summed E-state index contributed by atoms with van der Waals surface area (Å²) in [6.45, 7) is 0.405. The Hall–Kier alpha value is -1.58. The van der Waals surface area contributed by atoms with Gasteiger partial charge in [0.25, 0.3) is 0 Å². The van der Waals surface area contributed by atoms with E-state index in [9.17, 15) is 4.79 Å². The van der Waals surface area contributed by atoms with Crippen molar-refractivity contribution >= 4 is 11.6 Å².